The Labute approximate surface area is 225 Å². The van der Waals surface area contributed by atoms with E-state index in [9.17, 15) is 19.8 Å². The zero-order chi connectivity index (χ0) is 28.0. The third-order valence-electron chi connectivity index (χ3n) is 8.38. The predicted octanol–water partition coefficient (Wildman–Crippen LogP) is 5.12. The molecule has 2 aliphatic carbocycles. The maximum absolute atomic E-state index is 11.9. The van der Waals surface area contributed by atoms with Gasteiger partial charge in [-0.2, -0.15) is 0 Å². The molecule has 9 unspecified atom stereocenters. The van der Waals surface area contributed by atoms with Gasteiger partial charge in [0.25, 0.3) is 0 Å². The van der Waals surface area contributed by atoms with Crippen molar-refractivity contribution in [2.75, 3.05) is 0 Å². The molecule has 8 heteroatoms. The first-order chi connectivity index (χ1) is 17.8. The van der Waals surface area contributed by atoms with Crippen LogP contribution in [0, 0.1) is 12.8 Å². The molecule has 0 bridgehead atoms. The fraction of sp³-hybridized carbons (Fsp3) is 0.667. The van der Waals surface area contributed by atoms with Gasteiger partial charge in [0, 0.05) is 25.3 Å². The number of esters is 2. The van der Waals surface area contributed by atoms with Crippen LogP contribution in [0.15, 0.2) is 11.6 Å². The summed E-state index contributed by atoms with van der Waals surface area (Å²) in [6, 6.07) is 0. The van der Waals surface area contributed by atoms with E-state index >= 15 is 0 Å². The molecule has 1 heterocycles. The van der Waals surface area contributed by atoms with E-state index in [1.165, 1.54) is 30.5 Å². The van der Waals surface area contributed by atoms with Gasteiger partial charge in [-0.05, 0) is 81.4 Å². The monoisotopic (exact) mass is 530 g/mol. The van der Waals surface area contributed by atoms with Gasteiger partial charge in [0.05, 0.1) is 6.10 Å². The number of carbonyl (C=O) groups is 2. The van der Waals surface area contributed by atoms with E-state index in [4.69, 9.17) is 18.9 Å². The van der Waals surface area contributed by atoms with Crippen LogP contribution < -0.4 is 4.74 Å². The molecular formula is C30H42O8. The number of aliphatic hydroxyl groups excluding tert-OH is 1. The lowest BCUT2D eigenvalue weighted by Crippen LogP contribution is -2.60. The highest BCUT2D eigenvalue weighted by molar-refractivity contribution is 5.67. The number of hydrogen-bond acceptors (Lipinski definition) is 8. The van der Waals surface area contributed by atoms with Crippen molar-refractivity contribution in [3.05, 3.63) is 33.9 Å². The number of allylic oxidation sites excluding steroid dienone is 2. The van der Waals surface area contributed by atoms with Crippen molar-refractivity contribution in [2.24, 2.45) is 5.92 Å². The molecule has 210 valence electrons. The van der Waals surface area contributed by atoms with Gasteiger partial charge in [0.15, 0.2) is 23.7 Å². The minimum absolute atomic E-state index is 0.0814. The van der Waals surface area contributed by atoms with Gasteiger partial charge in [-0.15, -0.1) is 0 Å². The highest BCUT2D eigenvalue weighted by Gasteiger charge is 2.50. The first kappa shape index (κ1) is 28.4. The number of benzene rings is 1. The number of aliphatic hydroxyl groups is 1. The molecule has 4 rings (SSSR count). The van der Waals surface area contributed by atoms with Crippen molar-refractivity contribution >= 4 is 11.9 Å². The highest BCUT2D eigenvalue weighted by atomic mass is 16.7. The zero-order valence-corrected chi connectivity index (χ0v) is 23.7. The van der Waals surface area contributed by atoms with Gasteiger partial charge < -0.3 is 29.2 Å². The Hall–Kier alpha value is -2.58. The van der Waals surface area contributed by atoms with E-state index in [-0.39, 0.29) is 23.3 Å². The maximum atomic E-state index is 11.9. The lowest BCUT2D eigenvalue weighted by molar-refractivity contribution is -0.277. The average Bonchev–Trinajstić information content (AvgIpc) is 2.80. The lowest BCUT2D eigenvalue weighted by Gasteiger charge is -2.44. The third-order valence-corrected chi connectivity index (χ3v) is 8.38. The normalized spacial score (nSPS) is 34.1. The number of rotatable bonds is 5. The van der Waals surface area contributed by atoms with E-state index < -0.39 is 42.6 Å². The number of phenolic OH excluding ortho intramolecular Hbond substituents is 1. The van der Waals surface area contributed by atoms with Crippen molar-refractivity contribution in [3.8, 4) is 11.5 Å². The summed E-state index contributed by atoms with van der Waals surface area (Å²) in [4.78, 5) is 23.6. The zero-order valence-electron chi connectivity index (χ0n) is 23.7. The quantitative estimate of drug-likeness (QED) is 0.399. The molecule has 0 spiro atoms. The first-order valence-corrected chi connectivity index (χ1v) is 13.7. The van der Waals surface area contributed by atoms with Crippen LogP contribution in [-0.4, -0.2) is 52.9 Å². The Morgan fingerprint density at radius 1 is 0.947 bits per heavy atom. The minimum atomic E-state index is -1.38. The van der Waals surface area contributed by atoms with E-state index in [1.807, 2.05) is 6.92 Å². The number of phenols is 1. The van der Waals surface area contributed by atoms with Gasteiger partial charge in [-0.1, -0.05) is 25.5 Å². The molecule has 0 amide bonds. The van der Waals surface area contributed by atoms with Crippen molar-refractivity contribution in [1.82, 2.24) is 0 Å². The summed E-state index contributed by atoms with van der Waals surface area (Å²) in [6.45, 7) is 14.7. The van der Waals surface area contributed by atoms with Crippen LogP contribution in [0.1, 0.15) is 108 Å². The molecule has 0 aromatic heterocycles. The Balaban J connectivity index is 1.82. The van der Waals surface area contributed by atoms with Crippen LogP contribution in [0.2, 0.25) is 0 Å². The van der Waals surface area contributed by atoms with Crippen LogP contribution in [0.25, 0.3) is 0 Å². The van der Waals surface area contributed by atoms with Gasteiger partial charge in [-0.3, -0.25) is 9.59 Å². The molecule has 1 saturated heterocycles. The summed E-state index contributed by atoms with van der Waals surface area (Å²) in [5.74, 6) is 0.330. The molecule has 8 nitrogen and oxygen atoms in total. The summed E-state index contributed by atoms with van der Waals surface area (Å²) in [5, 5.41) is 22.7. The van der Waals surface area contributed by atoms with Crippen molar-refractivity contribution in [3.63, 3.8) is 0 Å². The van der Waals surface area contributed by atoms with Crippen LogP contribution in [0.5, 0.6) is 11.5 Å². The summed E-state index contributed by atoms with van der Waals surface area (Å²) in [5.41, 5.74) is 5.41. The Kier molecular flexibility index (Phi) is 8.15. The third kappa shape index (κ3) is 5.17. The van der Waals surface area contributed by atoms with Crippen LogP contribution in [0.4, 0.5) is 0 Å². The molecule has 0 radical (unpaired) electrons. The molecule has 1 fully saturated rings. The van der Waals surface area contributed by atoms with E-state index in [0.717, 1.165) is 30.4 Å². The molecule has 3 aliphatic rings. The fourth-order valence-corrected chi connectivity index (χ4v) is 6.82. The summed E-state index contributed by atoms with van der Waals surface area (Å²) < 4.78 is 23.1. The van der Waals surface area contributed by atoms with E-state index in [2.05, 4.69) is 33.8 Å². The summed E-state index contributed by atoms with van der Waals surface area (Å²) in [6.07, 6.45) is -0.279. The van der Waals surface area contributed by atoms with Crippen molar-refractivity contribution in [2.45, 2.75) is 123 Å². The van der Waals surface area contributed by atoms with Gasteiger partial charge in [-0.25, -0.2) is 0 Å². The van der Waals surface area contributed by atoms with Crippen molar-refractivity contribution in [1.29, 1.82) is 0 Å². The van der Waals surface area contributed by atoms with Gasteiger partial charge in [0.1, 0.15) is 6.10 Å². The Morgan fingerprint density at radius 2 is 1.58 bits per heavy atom. The molecule has 0 saturated carbocycles. The van der Waals surface area contributed by atoms with E-state index in [1.54, 1.807) is 6.92 Å². The van der Waals surface area contributed by atoms with Crippen LogP contribution >= 0.6 is 0 Å². The second-order valence-corrected chi connectivity index (χ2v) is 11.7. The number of ether oxygens (including phenoxy) is 4. The first-order valence-electron chi connectivity index (χ1n) is 13.7. The largest absolute Gasteiger partial charge is 0.504 e. The van der Waals surface area contributed by atoms with Gasteiger partial charge in [0.2, 0.25) is 6.29 Å². The summed E-state index contributed by atoms with van der Waals surface area (Å²) >= 11 is 0. The topological polar surface area (TPSA) is 112 Å². The van der Waals surface area contributed by atoms with Gasteiger partial charge >= 0.3 is 11.9 Å². The molecular weight excluding hydrogens is 488 g/mol. The molecule has 1 aromatic rings. The molecule has 1 aliphatic heterocycles. The Morgan fingerprint density at radius 3 is 2.18 bits per heavy atom. The second-order valence-electron chi connectivity index (χ2n) is 11.7. The fourth-order valence-electron chi connectivity index (χ4n) is 6.82. The number of carbonyl (C=O) groups excluding carboxylic acids is 2. The van der Waals surface area contributed by atoms with Crippen LogP contribution in [-0.2, 0) is 23.8 Å². The smallest absolute Gasteiger partial charge is 0.303 e. The Bertz CT molecular complexity index is 1120. The standard InChI is InChI=1S/C30H42O8/c1-13(2)11-20-12-15(4)21-10-9-14(3)22-24(21)23(20)16(5)27(25(22)33)38-30-29(37-19(8)32)26(34)28(17(6)35-30)36-18(7)31/h11,14-15,17,20-21,26,28-30,33-34H,9-10,12H2,1-8H3. The highest BCUT2D eigenvalue weighted by Crippen LogP contribution is 2.58. The summed E-state index contributed by atoms with van der Waals surface area (Å²) in [7, 11) is 0. The van der Waals surface area contributed by atoms with Crippen molar-refractivity contribution < 1.29 is 38.7 Å². The predicted molar refractivity (Wildman–Crippen MR) is 141 cm³/mol. The molecule has 2 N–H and O–H groups in total. The minimum Gasteiger partial charge on any atom is -0.504 e. The average molecular weight is 531 g/mol. The molecule has 38 heavy (non-hydrogen) atoms. The SMILES string of the molecule is CC(=O)OC1C(C)OC(Oc2c(C)c3c4c(c2O)C(C)CCC4C(C)CC3C=C(C)C)C(OC(C)=O)C1O. The second kappa shape index (κ2) is 10.9. The van der Waals surface area contributed by atoms with E-state index in [0.29, 0.717) is 11.8 Å². The number of hydrogen-bond donors (Lipinski definition) is 2. The molecule has 9 atom stereocenters. The maximum Gasteiger partial charge on any atom is 0.303 e. The van der Waals surface area contributed by atoms with Crippen LogP contribution in [0.3, 0.4) is 0 Å². The molecule has 1 aromatic carbocycles. The lowest BCUT2D eigenvalue weighted by atomic mass is 9.62. The number of aromatic hydroxyl groups is 1.